The fourth-order valence-electron chi connectivity index (χ4n) is 1.30. The van der Waals surface area contributed by atoms with E-state index in [0.29, 0.717) is 5.02 Å². The molecule has 0 bridgehead atoms. The summed E-state index contributed by atoms with van der Waals surface area (Å²) in [4.78, 5) is 11.7. The molecule has 0 fully saturated rings. The average molecular weight is 286 g/mol. The predicted octanol–water partition coefficient (Wildman–Crippen LogP) is 1.36. The zero-order valence-corrected chi connectivity index (χ0v) is 10.5. The molecule has 1 aromatic rings. The molecule has 0 amide bonds. The molecule has 5 nitrogen and oxygen atoms in total. The molecule has 0 aliphatic carbocycles. The minimum absolute atomic E-state index is 0.176. The van der Waals surface area contributed by atoms with Gasteiger partial charge in [0.05, 0.1) is 5.57 Å². The van der Waals surface area contributed by atoms with Crippen LogP contribution in [-0.2, 0) is 14.6 Å². The van der Waals surface area contributed by atoms with Crippen molar-refractivity contribution in [1.82, 2.24) is 0 Å². The summed E-state index contributed by atoms with van der Waals surface area (Å²) >= 11 is 5.68. The van der Waals surface area contributed by atoms with Crippen LogP contribution >= 0.6 is 11.6 Å². The van der Waals surface area contributed by atoms with Crippen LogP contribution < -0.4 is 10.5 Å². The highest BCUT2D eigenvalue weighted by molar-refractivity contribution is 7.98. The summed E-state index contributed by atoms with van der Waals surface area (Å²) < 4.78 is 27.5. The first-order valence-corrected chi connectivity index (χ1v) is 6.73. The third-order valence-electron chi connectivity index (χ3n) is 2.23. The lowest BCUT2D eigenvalue weighted by Crippen LogP contribution is -2.16. The minimum atomic E-state index is -3.66. The molecule has 0 unspecified atom stereocenters. The van der Waals surface area contributed by atoms with Gasteiger partial charge in [-0.05, 0) is 30.3 Å². The standard InChI is InChI=1S/C11H8ClNO4S/c12-7-1-3-8(4-2-7)17-11(14)9-5-6-18(15,16)10(9)13/h1-6H,13H2. The maximum Gasteiger partial charge on any atom is 0.346 e. The molecule has 0 saturated carbocycles. The van der Waals surface area contributed by atoms with Gasteiger partial charge in [-0.2, -0.15) is 0 Å². The summed E-state index contributed by atoms with van der Waals surface area (Å²) in [6.45, 7) is 0. The Hall–Kier alpha value is -1.79. The summed E-state index contributed by atoms with van der Waals surface area (Å²) in [5.41, 5.74) is 5.17. The highest BCUT2D eigenvalue weighted by Gasteiger charge is 2.27. The van der Waals surface area contributed by atoms with Crippen LogP contribution in [0.25, 0.3) is 0 Å². The van der Waals surface area contributed by atoms with Crippen molar-refractivity contribution in [2.75, 3.05) is 0 Å². The van der Waals surface area contributed by atoms with E-state index in [1.807, 2.05) is 0 Å². The molecule has 1 aliphatic heterocycles. The van der Waals surface area contributed by atoms with Crippen LogP contribution in [0, 0.1) is 0 Å². The van der Waals surface area contributed by atoms with Gasteiger partial charge < -0.3 is 10.5 Å². The number of ether oxygens (including phenoxy) is 1. The number of benzene rings is 1. The number of nitrogens with two attached hydrogens (primary N) is 1. The summed E-state index contributed by atoms with van der Waals surface area (Å²) in [7, 11) is -3.66. The van der Waals surface area contributed by atoms with Crippen molar-refractivity contribution < 1.29 is 17.9 Å². The fourth-order valence-corrected chi connectivity index (χ4v) is 2.35. The van der Waals surface area contributed by atoms with Gasteiger partial charge >= 0.3 is 5.97 Å². The summed E-state index contributed by atoms with van der Waals surface area (Å²) in [5.74, 6) is -0.574. The van der Waals surface area contributed by atoms with Crippen molar-refractivity contribution in [2.24, 2.45) is 5.73 Å². The zero-order valence-electron chi connectivity index (χ0n) is 8.96. The van der Waals surface area contributed by atoms with Gasteiger partial charge in [0.2, 0.25) is 9.84 Å². The molecule has 18 heavy (non-hydrogen) atoms. The maximum absolute atomic E-state index is 11.7. The van der Waals surface area contributed by atoms with Crippen molar-refractivity contribution in [3.05, 3.63) is 51.4 Å². The van der Waals surface area contributed by atoms with Crippen LogP contribution in [0.5, 0.6) is 5.75 Å². The largest absolute Gasteiger partial charge is 0.423 e. The molecule has 1 aliphatic rings. The van der Waals surface area contributed by atoms with E-state index in [9.17, 15) is 13.2 Å². The van der Waals surface area contributed by atoms with Crippen LogP contribution in [0.1, 0.15) is 0 Å². The van der Waals surface area contributed by atoms with Gasteiger partial charge in [-0.25, -0.2) is 13.2 Å². The van der Waals surface area contributed by atoms with E-state index in [4.69, 9.17) is 22.1 Å². The quantitative estimate of drug-likeness (QED) is 0.655. The molecule has 2 N–H and O–H groups in total. The first kappa shape index (κ1) is 12.7. The first-order chi connectivity index (χ1) is 8.40. The van der Waals surface area contributed by atoms with E-state index in [1.54, 1.807) is 12.1 Å². The average Bonchev–Trinajstić information content (AvgIpc) is 2.58. The number of hydrogen-bond acceptors (Lipinski definition) is 5. The van der Waals surface area contributed by atoms with Gasteiger partial charge in [0.15, 0.2) is 0 Å². The third-order valence-corrected chi connectivity index (χ3v) is 3.81. The van der Waals surface area contributed by atoms with E-state index in [1.165, 1.54) is 12.1 Å². The summed E-state index contributed by atoms with van der Waals surface area (Å²) in [6, 6.07) is 6.07. The van der Waals surface area contributed by atoms with Crippen LogP contribution in [0.3, 0.4) is 0 Å². The molecule has 0 radical (unpaired) electrons. The Morgan fingerprint density at radius 3 is 2.33 bits per heavy atom. The Kier molecular flexibility index (Phi) is 3.14. The number of carbonyl (C=O) groups is 1. The maximum atomic E-state index is 11.7. The number of carbonyl (C=O) groups excluding carboxylic acids is 1. The van der Waals surface area contributed by atoms with Gasteiger partial charge in [-0.15, -0.1) is 0 Å². The normalized spacial score (nSPS) is 16.9. The topological polar surface area (TPSA) is 86.5 Å². The first-order valence-electron chi connectivity index (χ1n) is 4.81. The second kappa shape index (κ2) is 4.47. The fraction of sp³-hybridized carbons (Fsp3) is 0. The Bertz CT molecular complexity index is 659. The van der Waals surface area contributed by atoms with Crippen molar-refractivity contribution in [3.63, 3.8) is 0 Å². The van der Waals surface area contributed by atoms with E-state index in [0.717, 1.165) is 11.5 Å². The zero-order chi connectivity index (χ0) is 13.3. The lowest BCUT2D eigenvalue weighted by atomic mass is 10.3. The van der Waals surface area contributed by atoms with Crippen LogP contribution in [0.4, 0.5) is 0 Å². The molecule has 0 saturated heterocycles. The molecule has 1 heterocycles. The monoisotopic (exact) mass is 285 g/mol. The van der Waals surface area contributed by atoms with Crippen molar-refractivity contribution in [1.29, 1.82) is 0 Å². The number of sulfone groups is 1. The molecule has 1 aromatic carbocycles. The number of esters is 1. The van der Waals surface area contributed by atoms with E-state index in [-0.39, 0.29) is 11.3 Å². The van der Waals surface area contributed by atoms with E-state index < -0.39 is 20.8 Å². The van der Waals surface area contributed by atoms with Crippen LogP contribution in [0.2, 0.25) is 5.02 Å². The van der Waals surface area contributed by atoms with Gasteiger partial charge in [0.1, 0.15) is 10.8 Å². The number of rotatable bonds is 2. The molecular weight excluding hydrogens is 278 g/mol. The predicted molar refractivity (Wildman–Crippen MR) is 66.4 cm³/mol. The highest BCUT2D eigenvalue weighted by atomic mass is 35.5. The molecule has 94 valence electrons. The molecule has 0 aromatic heterocycles. The van der Waals surface area contributed by atoms with Crippen molar-refractivity contribution in [2.45, 2.75) is 0 Å². The Morgan fingerprint density at radius 2 is 1.83 bits per heavy atom. The minimum Gasteiger partial charge on any atom is -0.423 e. The lowest BCUT2D eigenvalue weighted by Gasteiger charge is -2.04. The Balaban J connectivity index is 2.22. The lowest BCUT2D eigenvalue weighted by molar-refractivity contribution is -0.129. The number of halogens is 1. The molecule has 0 atom stereocenters. The van der Waals surface area contributed by atoms with Crippen LogP contribution in [0.15, 0.2) is 46.4 Å². The van der Waals surface area contributed by atoms with Gasteiger partial charge in [-0.1, -0.05) is 11.6 Å². The molecular formula is C11H8ClNO4S. The second-order valence-corrected chi connectivity index (χ2v) is 5.71. The van der Waals surface area contributed by atoms with Gasteiger partial charge in [0.25, 0.3) is 0 Å². The Labute approximate surface area is 108 Å². The second-order valence-electron chi connectivity index (χ2n) is 3.47. The molecule has 7 heteroatoms. The van der Waals surface area contributed by atoms with Crippen LogP contribution in [-0.4, -0.2) is 14.4 Å². The molecule has 2 rings (SSSR count). The Morgan fingerprint density at radius 1 is 1.22 bits per heavy atom. The SMILES string of the molecule is NC1=C(C(=O)Oc2ccc(Cl)cc2)C=CS1(=O)=O. The van der Waals surface area contributed by atoms with E-state index in [2.05, 4.69) is 0 Å². The highest BCUT2D eigenvalue weighted by Crippen LogP contribution is 2.22. The number of hydrogen-bond donors (Lipinski definition) is 1. The molecule has 0 spiro atoms. The van der Waals surface area contributed by atoms with Crippen molar-refractivity contribution in [3.8, 4) is 5.75 Å². The smallest absolute Gasteiger partial charge is 0.346 e. The van der Waals surface area contributed by atoms with Crippen molar-refractivity contribution >= 4 is 27.4 Å². The van der Waals surface area contributed by atoms with E-state index >= 15 is 0 Å². The van der Waals surface area contributed by atoms with Gasteiger partial charge in [-0.3, -0.25) is 0 Å². The third kappa shape index (κ3) is 2.39. The summed E-state index contributed by atoms with van der Waals surface area (Å²) in [5, 5.41) is 0.860. The summed E-state index contributed by atoms with van der Waals surface area (Å²) in [6.07, 6.45) is 1.11. The van der Waals surface area contributed by atoms with Gasteiger partial charge in [0, 0.05) is 10.4 Å².